The second kappa shape index (κ2) is 6.31. The zero-order chi connectivity index (χ0) is 12.7. The van der Waals surface area contributed by atoms with Crippen LogP contribution in [0.2, 0.25) is 0 Å². The van der Waals surface area contributed by atoms with Crippen LogP contribution in [0.4, 0.5) is 4.39 Å². The Bertz CT molecular complexity index is 536. The van der Waals surface area contributed by atoms with Crippen molar-refractivity contribution in [1.82, 2.24) is 0 Å². The van der Waals surface area contributed by atoms with Gasteiger partial charge in [-0.25, -0.2) is 4.39 Å². The molecule has 0 amide bonds. The summed E-state index contributed by atoms with van der Waals surface area (Å²) < 4.78 is 12.9. The lowest BCUT2D eigenvalue weighted by atomic mass is 10.0. The summed E-state index contributed by atoms with van der Waals surface area (Å²) in [6.45, 7) is 1.64. The molecular weight excluding hydrogens is 221 g/mol. The van der Waals surface area contributed by atoms with E-state index in [0.717, 1.165) is 0 Å². The molecule has 0 saturated heterocycles. The molecule has 0 N–H and O–H groups in total. The van der Waals surface area contributed by atoms with Gasteiger partial charge in [-0.2, -0.15) is 0 Å². The molecule has 0 heterocycles. The van der Waals surface area contributed by atoms with Crippen molar-refractivity contribution < 1.29 is 9.18 Å². The van der Waals surface area contributed by atoms with Crippen molar-refractivity contribution in [3.05, 3.63) is 45.6 Å². The van der Waals surface area contributed by atoms with Crippen molar-refractivity contribution in [2.45, 2.75) is 13.3 Å². The first-order valence-electron chi connectivity index (χ1n) is 4.95. The van der Waals surface area contributed by atoms with Gasteiger partial charge < -0.3 is 0 Å². The van der Waals surface area contributed by atoms with Crippen LogP contribution in [0.5, 0.6) is 0 Å². The molecule has 4 nitrogen and oxygen atoms in total. The lowest BCUT2D eigenvalue weighted by molar-refractivity contribution is 0.101. The van der Waals surface area contributed by atoms with Gasteiger partial charge in [-0.3, -0.25) is 4.79 Å². The Morgan fingerprint density at radius 2 is 2.35 bits per heavy atom. The summed E-state index contributed by atoms with van der Waals surface area (Å²) in [7, 11) is 0. The Morgan fingerprint density at radius 3 is 3.00 bits per heavy atom. The van der Waals surface area contributed by atoms with Gasteiger partial charge in [0, 0.05) is 29.0 Å². The third kappa shape index (κ3) is 3.98. The zero-order valence-corrected chi connectivity index (χ0v) is 9.27. The molecule has 0 spiro atoms. The monoisotopic (exact) mass is 231 g/mol. The highest BCUT2D eigenvalue weighted by molar-refractivity contribution is 5.96. The second-order valence-electron chi connectivity index (χ2n) is 3.25. The van der Waals surface area contributed by atoms with Crippen molar-refractivity contribution in [1.29, 1.82) is 0 Å². The molecule has 0 atom stereocenters. The van der Waals surface area contributed by atoms with E-state index in [4.69, 9.17) is 5.53 Å². The first-order valence-corrected chi connectivity index (χ1v) is 4.95. The molecule has 1 aromatic rings. The van der Waals surface area contributed by atoms with Crippen LogP contribution in [-0.4, -0.2) is 12.3 Å². The second-order valence-corrected chi connectivity index (χ2v) is 3.25. The summed E-state index contributed by atoms with van der Waals surface area (Å²) in [5.41, 5.74) is 8.80. The summed E-state index contributed by atoms with van der Waals surface area (Å²) in [6.07, 6.45) is 0.402. The average Bonchev–Trinajstić information content (AvgIpc) is 2.30. The van der Waals surface area contributed by atoms with E-state index in [2.05, 4.69) is 21.9 Å². The summed E-state index contributed by atoms with van der Waals surface area (Å²) in [5, 5.41) is 3.33. The third-order valence-corrected chi connectivity index (χ3v) is 1.98. The van der Waals surface area contributed by atoms with Gasteiger partial charge in [-0.15, -0.1) is 0 Å². The van der Waals surface area contributed by atoms with Crippen LogP contribution in [-0.2, 0) is 0 Å². The minimum atomic E-state index is -0.463. The van der Waals surface area contributed by atoms with Crippen molar-refractivity contribution in [2.75, 3.05) is 6.54 Å². The number of rotatable bonds is 3. The van der Waals surface area contributed by atoms with Crippen LogP contribution in [0, 0.1) is 17.7 Å². The van der Waals surface area contributed by atoms with Crippen LogP contribution in [0.3, 0.4) is 0 Å². The number of ketones is 1. The van der Waals surface area contributed by atoms with Gasteiger partial charge in [0.25, 0.3) is 0 Å². The van der Waals surface area contributed by atoms with Gasteiger partial charge >= 0.3 is 0 Å². The van der Waals surface area contributed by atoms with Gasteiger partial charge in [0.2, 0.25) is 0 Å². The van der Waals surface area contributed by atoms with E-state index in [1.54, 1.807) is 0 Å². The first-order chi connectivity index (χ1) is 8.15. The minimum absolute atomic E-state index is 0.233. The van der Waals surface area contributed by atoms with Crippen LogP contribution in [0.15, 0.2) is 23.3 Å². The van der Waals surface area contributed by atoms with E-state index in [9.17, 15) is 9.18 Å². The standard InChI is InChI=1S/C12H10FN3O/c1-9(17)12-8-11(13)6-5-10(12)4-2-3-7-15-16-14/h5-6,8H,3,7H2,1H3. The molecule has 0 aromatic heterocycles. The molecule has 1 rings (SSSR count). The maximum atomic E-state index is 12.9. The van der Waals surface area contributed by atoms with E-state index in [1.807, 2.05) is 0 Å². The maximum Gasteiger partial charge on any atom is 0.161 e. The van der Waals surface area contributed by atoms with Crippen LogP contribution in [0.1, 0.15) is 29.3 Å². The fourth-order valence-electron chi connectivity index (χ4n) is 1.23. The molecule has 0 aliphatic rings. The number of halogens is 1. The Labute approximate surface area is 98.1 Å². The molecule has 5 heteroatoms. The van der Waals surface area contributed by atoms with Crippen molar-refractivity contribution >= 4 is 5.78 Å². The molecule has 1 aromatic carbocycles. The largest absolute Gasteiger partial charge is 0.294 e. The molecule has 0 aliphatic carbocycles. The SMILES string of the molecule is CC(=O)c1cc(F)ccc1C#CCCN=[N+]=[N-]. The number of carbonyl (C=O) groups is 1. The maximum absolute atomic E-state index is 12.9. The Balaban J connectivity index is 2.90. The van der Waals surface area contributed by atoms with Crippen molar-refractivity contribution in [3.63, 3.8) is 0 Å². The van der Waals surface area contributed by atoms with Gasteiger partial charge in [0.15, 0.2) is 5.78 Å². The smallest absolute Gasteiger partial charge is 0.161 e. The van der Waals surface area contributed by atoms with E-state index in [-0.39, 0.29) is 17.9 Å². The van der Waals surface area contributed by atoms with E-state index < -0.39 is 5.82 Å². The quantitative estimate of drug-likeness (QED) is 0.197. The number of azide groups is 1. The number of carbonyl (C=O) groups excluding carboxylic acids is 1. The molecule has 0 radical (unpaired) electrons. The summed E-state index contributed by atoms with van der Waals surface area (Å²) in [5.74, 6) is 4.83. The number of hydrogen-bond acceptors (Lipinski definition) is 2. The third-order valence-electron chi connectivity index (χ3n) is 1.98. The molecule has 86 valence electrons. The predicted octanol–water partition coefficient (Wildman–Crippen LogP) is 3.08. The molecule has 17 heavy (non-hydrogen) atoms. The van der Waals surface area contributed by atoms with Crippen LogP contribution >= 0.6 is 0 Å². The summed E-state index contributed by atoms with van der Waals surface area (Å²) >= 11 is 0. The fourth-order valence-corrected chi connectivity index (χ4v) is 1.23. The normalized spacial score (nSPS) is 8.82. The highest BCUT2D eigenvalue weighted by Gasteiger charge is 2.06. The van der Waals surface area contributed by atoms with Crippen molar-refractivity contribution in [3.8, 4) is 11.8 Å². The number of nitrogens with zero attached hydrogens (tertiary/aromatic N) is 3. The van der Waals surface area contributed by atoms with E-state index in [1.165, 1.54) is 25.1 Å². The fraction of sp³-hybridized carbons (Fsp3) is 0.250. The molecular formula is C12H10FN3O. The Morgan fingerprint density at radius 1 is 1.59 bits per heavy atom. The number of benzene rings is 1. The molecule has 0 aliphatic heterocycles. The average molecular weight is 231 g/mol. The van der Waals surface area contributed by atoms with Crippen LogP contribution in [0.25, 0.3) is 10.4 Å². The summed E-state index contributed by atoms with van der Waals surface area (Å²) in [6, 6.07) is 3.89. The highest BCUT2D eigenvalue weighted by atomic mass is 19.1. The van der Waals surface area contributed by atoms with E-state index >= 15 is 0 Å². The topological polar surface area (TPSA) is 65.8 Å². The van der Waals surface area contributed by atoms with E-state index in [0.29, 0.717) is 12.0 Å². The molecule has 0 unspecified atom stereocenters. The first kappa shape index (κ1) is 12.8. The van der Waals surface area contributed by atoms with Crippen molar-refractivity contribution in [2.24, 2.45) is 5.11 Å². The Hall–Kier alpha value is -2.31. The molecule has 0 fully saturated rings. The van der Waals surface area contributed by atoms with Gasteiger partial charge in [-0.1, -0.05) is 17.0 Å². The number of Topliss-reactive ketones (excluding diaryl/α,β-unsaturated/α-hetero) is 1. The highest BCUT2D eigenvalue weighted by Crippen LogP contribution is 2.11. The molecule has 0 saturated carbocycles. The van der Waals surface area contributed by atoms with Gasteiger partial charge in [0.05, 0.1) is 0 Å². The Kier molecular flexibility index (Phi) is 4.74. The van der Waals surface area contributed by atoms with Gasteiger partial charge in [-0.05, 0) is 30.7 Å². The summed E-state index contributed by atoms with van der Waals surface area (Å²) in [4.78, 5) is 13.8. The minimum Gasteiger partial charge on any atom is -0.294 e. The lowest BCUT2D eigenvalue weighted by Crippen LogP contribution is -1.97. The zero-order valence-electron chi connectivity index (χ0n) is 9.27. The lowest BCUT2D eigenvalue weighted by Gasteiger charge is -1.99. The van der Waals surface area contributed by atoms with Gasteiger partial charge in [0.1, 0.15) is 5.82 Å². The number of hydrogen-bond donors (Lipinski definition) is 0. The predicted molar refractivity (Wildman–Crippen MR) is 61.9 cm³/mol. The van der Waals surface area contributed by atoms with Crippen LogP contribution < -0.4 is 0 Å². The molecule has 0 bridgehead atoms.